The third kappa shape index (κ3) is 3.34. The Hall–Kier alpha value is -2.41. The van der Waals surface area contributed by atoms with Gasteiger partial charge in [0, 0.05) is 10.0 Å². The van der Waals surface area contributed by atoms with Gasteiger partial charge < -0.3 is 14.2 Å². The highest BCUT2D eigenvalue weighted by atomic mass is 79.9. The van der Waals surface area contributed by atoms with Crippen molar-refractivity contribution in [2.75, 3.05) is 13.4 Å². The van der Waals surface area contributed by atoms with Crippen LogP contribution in [0.15, 0.2) is 40.9 Å². The largest absolute Gasteiger partial charge is 0.454 e. The second-order valence-electron chi connectivity index (χ2n) is 4.69. The maximum Gasteiger partial charge on any atom is 0.339 e. The van der Waals surface area contributed by atoms with Crippen molar-refractivity contribution in [2.24, 2.45) is 0 Å². The standard InChI is InChI=1S/C16H10BrFO5/c17-12-3-2-10(18)6-11(12)16(20)21-7-13(19)9-1-4-14-15(5-9)23-8-22-14/h1-6H,7-8H2. The van der Waals surface area contributed by atoms with Crippen molar-refractivity contribution in [2.45, 2.75) is 0 Å². The highest BCUT2D eigenvalue weighted by Gasteiger charge is 2.18. The van der Waals surface area contributed by atoms with Crippen molar-refractivity contribution < 1.29 is 28.2 Å². The first-order valence-electron chi connectivity index (χ1n) is 6.59. The first-order chi connectivity index (χ1) is 11.0. The van der Waals surface area contributed by atoms with Crippen molar-refractivity contribution in [1.29, 1.82) is 0 Å². The molecule has 3 rings (SSSR count). The van der Waals surface area contributed by atoms with Crippen LogP contribution in [0.5, 0.6) is 11.5 Å². The van der Waals surface area contributed by atoms with Crippen molar-refractivity contribution in [3.63, 3.8) is 0 Å². The number of benzene rings is 2. The Balaban J connectivity index is 1.67. The lowest BCUT2D eigenvalue weighted by Crippen LogP contribution is -2.14. The van der Waals surface area contributed by atoms with Crippen LogP contribution in [0, 0.1) is 5.82 Å². The van der Waals surface area contributed by atoms with Gasteiger partial charge in [-0.2, -0.15) is 0 Å². The highest BCUT2D eigenvalue weighted by Crippen LogP contribution is 2.32. The number of carbonyl (C=O) groups is 2. The number of esters is 1. The lowest BCUT2D eigenvalue weighted by molar-refractivity contribution is 0.0473. The molecule has 2 aromatic carbocycles. The minimum absolute atomic E-state index is 0.0171. The molecule has 0 spiro atoms. The van der Waals surface area contributed by atoms with Gasteiger partial charge in [0.05, 0.1) is 5.56 Å². The Kier molecular flexibility index (Phi) is 4.29. The summed E-state index contributed by atoms with van der Waals surface area (Å²) in [5.41, 5.74) is 0.351. The number of fused-ring (bicyclic) bond motifs is 1. The van der Waals surface area contributed by atoms with Gasteiger partial charge in [0.15, 0.2) is 23.9 Å². The van der Waals surface area contributed by atoms with Gasteiger partial charge in [0.2, 0.25) is 6.79 Å². The number of carbonyl (C=O) groups excluding carboxylic acids is 2. The number of rotatable bonds is 4. The molecule has 0 atom stereocenters. The smallest absolute Gasteiger partial charge is 0.339 e. The first kappa shape index (κ1) is 15.5. The molecule has 0 radical (unpaired) electrons. The van der Waals surface area contributed by atoms with Gasteiger partial charge in [-0.05, 0) is 52.3 Å². The minimum atomic E-state index is -0.787. The monoisotopic (exact) mass is 380 g/mol. The van der Waals surface area contributed by atoms with Gasteiger partial charge in [-0.3, -0.25) is 4.79 Å². The van der Waals surface area contributed by atoms with Gasteiger partial charge in [-0.1, -0.05) is 0 Å². The van der Waals surface area contributed by atoms with Crippen LogP contribution < -0.4 is 9.47 Å². The molecule has 0 saturated heterocycles. The zero-order valence-corrected chi connectivity index (χ0v) is 13.3. The summed E-state index contributed by atoms with van der Waals surface area (Å²) in [5.74, 6) is -0.728. The van der Waals surface area contributed by atoms with Crippen LogP contribution in [0.4, 0.5) is 4.39 Å². The third-order valence-electron chi connectivity index (χ3n) is 3.18. The van der Waals surface area contributed by atoms with E-state index in [4.69, 9.17) is 14.2 Å². The predicted octanol–water partition coefficient (Wildman–Crippen LogP) is 3.36. The molecule has 1 aliphatic rings. The molecule has 1 heterocycles. The Morgan fingerprint density at radius 2 is 1.91 bits per heavy atom. The summed E-state index contributed by atoms with van der Waals surface area (Å²) in [6, 6.07) is 8.33. The van der Waals surface area contributed by atoms with E-state index in [-0.39, 0.29) is 12.4 Å². The van der Waals surface area contributed by atoms with E-state index in [9.17, 15) is 14.0 Å². The van der Waals surface area contributed by atoms with Crippen LogP contribution in [0.2, 0.25) is 0 Å². The van der Waals surface area contributed by atoms with E-state index in [0.29, 0.717) is 21.5 Å². The molecular formula is C16H10BrFO5. The molecule has 0 unspecified atom stereocenters. The molecule has 0 aliphatic carbocycles. The van der Waals surface area contributed by atoms with Crippen LogP contribution in [0.3, 0.4) is 0 Å². The molecule has 0 aromatic heterocycles. The normalized spacial score (nSPS) is 12.1. The molecule has 7 heteroatoms. The number of Topliss-reactive ketones (excluding diaryl/α,β-unsaturated/α-hetero) is 1. The van der Waals surface area contributed by atoms with Crippen LogP contribution in [-0.4, -0.2) is 25.2 Å². The fraction of sp³-hybridized carbons (Fsp3) is 0.125. The van der Waals surface area contributed by atoms with Crippen LogP contribution in [-0.2, 0) is 4.74 Å². The van der Waals surface area contributed by atoms with E-state index in [1.54, 1.807) is 12.1 Å². The molecule has 118 valence electrons. The fourth-order valence-electron chi connectivity index (χ4n) is 2.02. The molecular weight excluding hydrogens is 371 g/mol. The number of halogens is 2. The van der Waals surface area contributed by atoms with Crippen molar-refractivity contribution >= 4 is 27.7 Å². The Bertz CT molecular complexity index is 790. The van der Waals surface area contributed by atoms with E-state index >= 15 is 0 Å². The fourth-order valence-corrected chi connectivity index (χ4v) is 2.42. The summed E-state index contributed by atoms with van der Waals surface area (Å²) >= 11 is 3.13. The van der Waals surface area contributed by atoms with Crippen molar-refractivity contribution in [1.82, 2.24) is 0 Å². The zero-order chi connectivity index (χ0) is 16.4. The van der Waals surface area contributed by atoms with Crippen LogP contribution in [0.25, 0.3) is 0 Å². The quantitative estimate of drug-likeness (QED) is 0.601. The summed E-state index contributed by atoms with van der Waals surface area (Å²) in [4.78, 5) is 24.0. The van der Waals surface area contributed by atoms with E-state index in [1.807, 2.05) is 0 Å². The van der Waals surface area contributed by atoms with Crippen molar-refractivity contribution in [3.8, 4) is 11.5 Å². The third-order valence-corrected chi connectivity index (χ3v) is 3.87. The molecule has 0 fully saturated rings. The molecule has 0 amide bonds. The Morgan fingerprint density at radius 3 is 2.74 bits per heavy atom. The molecule has 0 bridgehead atoms. The summed E-state index contributed by atoms with van der Waals surface area (Å²) in [5, 5.41) is 0. The van der Waals surface area contributed by atoms with E-state index < -0.39 is 24.2 Å². The molecule has 5 nitrogen and oxygen atoms in total. The average molecular weight is 381 g/mol. The van der Waals surface area contributed by atoms with Crippen LogP contribution >= 0.6 is 15.9 Å². The maximum atomic E-state index is 13.2. The zero-order valence-electron chi connectivity index (χ0n) is 11.7. The summed E-state index contributed by atoms with van der Waals surface area (Å²) < 4.78 is 28.8. The first-order valence-corrected chi connectivity index (χ1v) is 7.39. The lowest BCUT2D eigenvalue weighted by atomic mass is 10.1. The maximum absolute atomic E-state index is 13.2. The molecule has 23 heavy (non-hydrogen) atoms. The average Bonchev–Trinajstić information content (AvgIpc) is 3.02. The predicted molar refractivity (Wildman–Crippen MR) is 81.3 cm³/mol. The molecule has 2 aromatic rings. The van der Waals surface area contributed by atoms with Gasteiger partial charge in [-0.25, -0.2) is 9.18 Å². The summed E-state index contributed by atoms with van der Waals surface area (Å²) in [6.07, 6.45) is 0. The van der Waals surface area contributed by atoms with E-state index in [2.05, 4.69) is 15.9 Å². The molecule has 1 aliphatic heterocycles. The number of hydrogen-bond donors (Lipinski definition) is 0. The van der Waals surface area contributed by atoms with Gasteiger partial charge in [0.1, 0.15) is 5.82 Å². The topological polar surface area (TPSA) is 61.8 Å². The second kappa shape index (κ2) is 6.37. The number of hydrogen-bond acceptors (Lipinski definition) is 5. The Morgan fingerprint density at radius 1 is 1.13 bits per heavy atom. The van der Waals surface area contributed by atoms with Crippen LogP contribution in [0.1, 0.15) is 20.7 Å². The van der Waals surface area contributed by atoms with Gasteiger partial charge in [0.25, 0.3) is 0 Å². The van der Waals surface area contributed by atoms with Gasteiger partial charge in [-0.15, -0.1) is 0 Å². The van der Waals surface area contributed by atoms with E-state index in [0.717, 1.165) is 6.07 Å². The van der Waals surface area contributed by atoms with Crippen molar-refractivity contribution in [3.05, 3.63) is 57.8 Å². The Labute approximate surface area is 139 Å². The number of ketones is 1. The second-order valence-corrected chi connectivity index (χ2v) is 5.55. The SMILES string of the molecule is O=C(COC(=O)c1cc(F)ccc1Br)c1ccc2c(c1)OCO2. The molecule has 0 N–H and O–H groups in total. The molecule has 0 saturated carbocycles. The van der Waals surface area contributed by atoms with Gasteiger partial charge >= 0.3 is 5.97 Å². The highest BCUT2D eigenvalue weighted by molar-refractivity contribution is 9.10. The summed E-state index contributed by atoms with van der Waals surface area (Å²) in [7, 11) is 0. The number of ether oxygens (including phenoxy) is 3. The summed E-state index contributed by atoms with van der Waals surface area (Å²) in [6.45, 7) is -0.350. The van der Waals surface area contributed by atoms with E-state index in [1.165, 1.54) is 18.2 Å². The minimum Gasteiger partial charge on any atom is -0.454 e. The lowest BCUT2D eigenvalue weighted by Gasteiger charge is -2.06.